The largest absolute Gasteiger partial charge is 0.387 e. The molecule has 0 aliphatic rings. The van der Waals surface area contributed by atoms with E-state index >= 15 is 0 Å². The minimum atomic E-state index is -0.463. The molecule has 0 aromatic rings. The van der Waals surface area contributed by atoms with Gasteiger partial charge in [0.05, 0.1) is 0 Å². The fourth-order valence-electron chi connectivity index (χ4n) is 0.319. The average molecular weight is 180 g/mol. The van der Waals surface area contributed by atoms with Gasteiger partial charge in [0.25, 0.3) is 0 Å². The van der Waals surface area contributed by atoms with Gasteiger partial charge in [-0.1, -0.05) is 11.6 Å². The number of aliphatic imine (C=N–C) groups is 1. The Bertz CT molecular complexity index is 339. The third-order valence-corrected chi connectivity index (χ3v) is 0.947. The molecule has 0 heterocycles. The van der Waals surface area contributed by atoms with Crippen molar-refractivity contribution in [2.45, 2.75) is 0 Å². The second-order valence-electron chi connectivity index (χ2n) is 1.49. The lowest BCUT2D eigenvalue weighted by Gasteiger charge is -1.87. The summed E-state index contributed by atoms with van der Waals surface area (Å²) in [6.45, 7) is 0. The van der Waals surface area contributed by atoms with Crippen LogP contribution in [0.4, 0.5) is 0 Å². The van der Waals surface area contributed by atoms with Crippen LogP contribution in [0.3, 0.4) is 0 Å². The fourth-order valence-corrected chi connectivity index (χ4v) is 0.403. The lowest BCUT2D eigenvalue weighted by molar-refractivity contribution is 1.32. The van der Waals surface area contributed by atoms with Gasteiger partial charge in [-0.15, -0.1) is 0 Å². The third-order valence-electron chi connectivity index (χ3n) is 0.768. The zero-order valence-electron chi connectivity index (χ0n) is 5.74. The summed E-state index contributed by atoms with van der Waals surface area (Å²) in [7, 11) is 0. The highest BCUT2D eigenvalue weighted by atomic mass is 35.5. The Labute approximate surface area is 73.6 Å². The SMILES string of the molecule is N#CC(C#N)=N/C(C#N)=C(/N)Cl. The van der Waals surface area contributed by atoms with Crippen LogP contribution in [0.15, 0.2) is 15.8 Å². The minimum Gasteiger partial charge on any atom is -0.387 e. The molecular formula is C6H2ClN5. The van der Waals surface area contributed by atoms with Gasteiger partial charge in [-0.05, 0) is 0 Å². The summed E-state index contributed by atoms with van der Waals surface area (Å²) in [5, 5.41) is 24.5. The number of hydrogen-bond donors (Lipinski definition) is 1. The van der Waals surface area contributed by atoms with E-state index in [0.29, 0.717) is 0 Å². The van der Waals surface area contributed by atoms with Gasteiger partial charge >= 0.3 is 0 Å². The molecule has 0 saturated carbocycles. The number of nitrogens with zero attached hydrogens (tertiary/aromatic N) is 4. The standard InChI is InChI=1S/C6H2ClN5/c7-6(11)5(3-10)12-4(1-8)2-9/h11H2/b6-5+. The van der Waals surface area contributed by atoms with Crippen LogP contribution >= 0.6 is 11.6 Å². The number of halogens is 1. The Morgan fingerprint density at radius 1 is 1.17 bits per heavy atom. The molecule has 0 saturated heterocycles. The van der Waals surface area contributed by atoms with Gasteiger partial charge < -0.3 is 5.73 Å². The normalized spacial score (nSPS) is 9.83. The average Bonchev–Trinajstić information content (AvgIpc) is 2.06. The number of nitrogens with two attached hydrogens (primary N) is 1. The van der Waals surface area contributed by atoms with E-state index in [1.165, 1.54) is 18.2 Å². The van der Waals surface area contributed by atoms with Gasteiger partial charge in [0.1, 0.15) is 23.4 Å². The van der Waals surface area contributed by atoms with Crippen LogP contribution in [0.25, 0.3) is 0 Å². The third kappa shape index (κ3) is 2.70. The van der Waals surface area contributed by atoms with Crippen LogP contribution < -0.4 is 5.73 Å². The molecule has 0 amide bonds. The second-order valence-corrected chi connectivity index (χ2v) is 1.90. The number of rotatable bonds is 1. The van der Waals surface area contributed by atoms with Crippen LogP contribution in [-0.4, -0.2) is 5.71 Å². The van der Waals surface area contributed by atoms with Crippen molar-refractivity contribution in [2.24, 2.45) is 10.7 Å². The summed E-state index contributed by atoms with van der Waals surface area (Å²) >= 11 is 5.21. The molecule has 0 aliphatic heterocycles. The van der Waals surface area contributed by atoms with Crippen molar-refractivity contribution >= 4 is 17.3 Å². The van der Waals surface area contributed by atoms with E-state index in [9.17, 15) is 0 Å². The van der Waals surface area contributed by atoms with Crippen molar-refractivity contribution in [3.05, 3.63) is 10.9 Å². The molecule has 0 atom stereocenters. The molecule has 0 aliphatic carbocycles. The zero-order valence-corrected chi connectivity index (χ0v) is 6.50. The molecule has 5 nitrogen and oxygen atoms in total. The van der Waals surface area contributed by atoms with E-state index < -0.39 is 5.71 Å². The Hall–Kier alpha value is -2.03. The van der Waals surface area contributed by atoms with E-state index in [4.69, 9.17) is 33.1 Å². The highest BCUT2D eigenvalue weighted by Gasteiger charge is 2.00. The van der Waals surface area contributed by atoms with E-state index in [0.717, 1.165) is 0 Å². The zero-order chi connectivity index (χ0) is 9.56. The highest BCUT2D eigenvalue weighted by Crippen LogP contribution is 2.03. The van der Waals surface area contributed by atoms with Crippen molar-refractivity contribution in [1.82, 2.24) is 0 Å². The fraction of sp³-hybridized carbons (Fsp3) is 0. The highest BCUT2D eigenvalue weighted by molar-refractivity contribution is 6.29. The van der Waals surface area contributed by atoms with Gasteiger partial charge in [-0.2, -0.15) is 15.8 Å². The number of nitriles is 3. The summed E-state index contributed by atoms with van der Waals surface area (Å²) in [5.74, 6) is 0. The van der Waals surface area contributed by atoms with Crippen LogP contribution in [0, 0.1) is 34.0 Å². The van der Waals surface area contributed by atoms with E-state index in [1.807, 2.05) is 0 Å². The molecule has 0 bridgehead atoms. The van der Waals surface area contributed by atoms with Crippen LogP contribution in [-0.2, 0) is 0 Å². The van der Waals surface area contributed by atoms with Crippen LogP contribution in [0.2, 0.25) is 0 Å². The van der Waals surface area contributed by atoms with E-state index in [1.54, 1.807) is 0 Å². The molecular weight excluding hydrogens is 178 g/mol. The molecule has 0 radical (unpaired) electrons. The van der Waals surface area contributed by atoms with Crippen molar-refractivity contribution in [3.8, 4) is 18.2 Å². The molecule has 12 heavy (non-hydrogen) atoms. The van der Waals surface area contributed by atoms with Crippen molar-refractivity contribution < 1.29 is 0 Å². The minimum absolute atomic E-state index is 0.338. The topological polar surface area (TPSA) is 110 Å². The lowest BCUT2D eigenvalue weighted by atomic mass is 10.4. The maximum atomic E-state index is 8.34. The van der Waals surface area contributed by atoms with Gasteiger partial charge in [-0.25, -0.2) is 4.99 Å². The van der Waals surface area contributed by atoms with Crippen molar-refractivity contribution in [3.63, 3.8) is 0 Å². The summed E-state index contributed by atoms with van der Waals surface area (Å²) in [6, 6.07) is 4.46. The summed E-state index contributed by atoms with van der Waals surface area (Å²) < 4.78 is 0. The summed E-state index contributed by atoms with van der Waals surface area (Å²) in [6.07, 6.45) is 0. The summed E-state index contributed by atoms with van der Waals surface area (Å²) in [4.78, 5) is 3.29. The quantitative estimate of drug-likeness (QED) is 0.356. The molecule has 0 fully saturated rings. The van der Waals surface area contributed by atoms with E-state index in [-0.39, 0.29) is 10.9 Å². The number of hydrogen-bond acceptors (Lipinski definition) is 5. The molecule has 6 heteroatoms. The second kappa shape index (κ2) is 4.73. The monoisotopic (exact) mass is 179 g/mol. The lowest BCUT2D eigenvalue weighted by Crippen LogP contribution is -1.96. The molecule has 2 N–H and O–H groups in total. The van der Waals surface area contributed by atoms with Crippen molar-refractivity contribution in [1.29, 1.82) is 15.8 Å². The van der Waals surface area contributed by atoms with Crippen molar-refractivity contribution in [2.75, 3.05) is 0 Å². The molecule has 0 spiro atoms. The molecule has 58 valence electrons. The predicted octanol–water partition coefficient (Wildman–Crippen LogP) is 0.365. The van der Waals surface area contributed by atoms with Gasteiger partial charge in [-0.3, -0.25) is 0 Å². The predicted molar refractivity (Wildman–Crippen MR) is 41.3 cm³/mol. The molecule has 0 rings (SSSR count). The first kappa shape index (κ1) is 9.97. The smallest absolute Gasteiger partial charge is 0.219 e. The van der Waals surface area contributed by atoms with Gasteiger partial charge in [0.15, 0.2) is 5.70 Å². The van der Waals surface area contributed by atoms with Gasteiger partial charge in [0.2, 0.25) is 5.71 Å². The first-order valence-electron chi connectivity index (χ1n) is 2.60. The Morgan fingerprint density at radius 3 is 1.92 bits per heavy atom. The van der Waals surface area contributed by atoms with Crippen LogP contribution in [0.5, 0.6) is 0 Å². The number of allylic oxidation sites excluding steroid dienone is 1. The first-order valence-corrected chi connectivity index (χ1v) is 2.97. The first-order chi connectivity index (χ1) is 5.65. The Balaban J connectivity index is 5.05. The Morgan fingerprint density at radius 2 is 1.67 bits per heavy atom. The van der Waals surface area contributed by atoms with Crippen LogP contribution in [0.1, 0.15) is 0 Å². The summed E-state index contributed by atoms with van der Waals surface area (Å²) in [5.41, 5.74) is 4.20. The maximum Gasteiger partial charge on any atom is 0.219 e. The van der Waals surface area contributed by atoms with Gasteiger partial charge in [0, 0.05) is 0 Å². The molecule has 0 aromatic heterocycles. The Kier molecular flexibility index (Phi) is 3.93. The van der Waals surface area contributed by atoms with E-state index in [2.05, 4.69) is 4.99 Å². The maximum absolute atomic E-state index is 8.34. The molecule has 0 unspecified atom stereocenters. The molecule has 0 aromatic carbocycles.